The van der Waals surface area contributed by atoms with E-state index in [0.717, 1.165) is 55.4 Å². The summed E-state index contributed by atoms with van der Waals surface area (Å²) in [5.74, 6) is 3.00. The van der Waals surface area contributed by atoms with Gasteiger partial charge in [-0.15, -0.1) is 24.0 Å². The standard InChI is InChI=1S/C21H35N3O5.HI/c1-5-22-21(23-9-6-11-29-16-8-12-28-15-16)24-10-7-18-19(26-3)13-17(25-2)14-20(18)27-4;/h13-14,16H,5-12,15H2,1-4H3,(H2,22,23,24);1H. The van der Waals surface area contributed by atoms with Gasteiger partial charge in [-0.2, -0.15) is 0 Å². The molecule has 172 valence electrons. The van der Waals surface area contributed by atoms with E-state index < -0.39 is 0 Å². The second-order valence-corrected chi connectivity index (χ2v) is 6.66. The van der Waals surface area contributed by atoms with Gasteiger partial charge in [-0.3, -0.25) is 4.99 Å². The maximum absolute atomic E-state index is 5.78. The Morgan fingerprint density at radius 1 is 1.13 bits per heavy atom. The number of benzene rings is 1. The van der Waals surface area contributed by atoms with Crippen LogP contribution in [0.5, 0.6) is 17.2 Å². The van der Waals surface area contributed by atoms with E-state index in [4.69, 9.17) is 23.7 Å². The molecule has 1 aromatic carbocycles. The van der Waals surface area contributed by atoms with Gasteiger partial charge in [0.05, 0.1) is 34.0 Å². The van der Waals surface area contributed by atoms with Crippen molar-refractivity contribution in [3.05, 3.63) is 17.7 Å². The number of rotatable bonds is 12. The number of guanidine groups is 1. The smallest absolute Gasteiger partial charge is 0.191 e. The lowest BCUT2D eigenvalue weighted by molar-refractivity contribution is 0.0424. The van der Waals surface area contributed by atoms with Crippen molar-refractivity contribution in [2.45, 2.75) is 32.3 Å². The van der Waals surface area contributed by atoms with E-state index in [9.17, 15) is 0 Å². The van der Waals surface area contributed by atoms with Gasteiger partial charge in [-0.05, 0) is 26.2 Å². The third-order valence-electron chi connectivity index (χ3n) is 4.64. The van der Waals surface area contributed by atoms with Gasteiger partial charge < -0.3 is 34.3 Å². The molecule has 0 amide bonds. The molecule has 1 aliphatic rings. The Morgan fingerprint density at radius 2 is 1.87 bits per heavy atom. The number of aliphatic imine (C=N–C) groups is 1. The average molecular weight is 537 g/mol. The lowest BCUT2D eigenvalue weighted by Crippen LogP contribution is -2.38. The van der Waals surface area contributed by atoms with Crippen molar-refractivity contribution in [3.63, 3.8) is 0 Å². The molecule has 0 aliphatic carbocycles. The zero-order valence-electron chi connectivity index (χ0n) is 18.5. The van der Waals surface area contributed by atoms with Crippen LogP contribution in [0.1, 0.15) is 25.3 Å². The summed E-state index contributed by atoms with van der Waals surface area (Å²) in [6, 6.07) is 3.74. The van der Waals surface area contributed by atoms with Crippen molar-refractivity contribution in [2.24, 2.45) is 4.99 Å². The molecular formula is C21H36IN3O5. The molecule has 2 rings (SSSR count). The van der Waals surface area contributed by atoms with Crippen molar-refractivity contribution >= 4 is 29.9 Å². The van der Waals surface area contributed by atoms with E-state index in [1.165, 1.54) is 0 Å². The van der Waals surface area contributed by atoms with Gasteiger partial charge in [0.1, 0.15) is 17.2 Å². The first-order chi connectivity index (χ1) is 14.2. The number of hydrogen-bond acceptors (Lipinski definition) is 6. The van der Waals surface area contributed by atoms with Gasteiger partial charge in [0, 0.05) is 50.5 Å². The maximum atomic E-state index is 5.78. The van der Waals surface area contributed by atoms with E-state index in [1.54, 1.807) is 21.3 Å². The fourth-order valence-corrected chi connectivity index (χ4v) is 3.12. The highest BCUT2D eigenvalue weighted by Gasteiger charge is 2.15. The minimum atomic E-state index is 0. The zero-order valence-corrected chi connectivity index (χ0v) is 20.8. The highest BCUT2D eigenvalue weighted by molar-refractivity contribution is 14.0. The van der Waals surface area contributed by atoms with Gasteiger partial charge in [0.15, 0.2) is 5.96 Å². The minimum absolute atomic E-state index is 0. The highest BCUT2D eigenvalue weighted by Crippen LogP contribution is 2.34. The van der Waals surface area contributed by atoms with Gasteiger partial charge in [0.2, 0.25) is 0 Å². The first-order valence-corrected chi connectivity index (χ1v) is 10.2. The molecule has 2 N–H and O–H groups in total. The lowest BCUT2D eigenvalue weighted by atomic mass is 10.1. The SMILES string of the molecule is CCNC(=NCCCOC1CCOC1)NCCc1c(OC)cc(OC)cc1OC.I. The molecule has 0 saturated carbocycles. The predicted molar refractivity (Wildman–Crippen MR) is 129 cm³/mol. The van der Waals surface area contributed by atoms with E-state index >= 15 is 0 Å². The molecular weight excluding hydrogens is 501 g/mol. The van der Waals surface area contributed by atoms with Gasteiger partial charge in [-0.25, -0.2) is 0 Å². The summed E-state index contributed by atoms with van der Waals surface area (Å²) >= 11 is 0. The summed E-state index contributed by atoms with van der Waals surface area (Å²) in [7, 11) is 4.92. The van der Waals surface area contributed by atoms with Crippen LogP contribution in [0.4, 0.5) is 0 Å². The zero-order chi connectivity index (χ0) is 20.9. The van der Waals surface area contributed by atoms with Crippen LogP contribution in [0.25, 0.3) is 0 Å². The fourth-order valence-electron chi connectivity index (χ4n) is 3.12. The summed E-state index contributed by atoms with van der Waals surface area (Å²) in [6.07, 6.45) is 2.85. The average Bonchev–Trinajstić information content (AvgIpc) is 3.26. The summed E-state index contributed by atoms with van der Waals surface area (Å²) in [4.78, 5) is 4.62. The Hall–Kier alpha value is -1.46. The monoisotopic (exact) mass is 537 g/mol. The van der Waals surface area contributed by atoms with Crippen LogP contribution in [-0.2, 0) is 15.9 Å². The lowest BCUT2D eigenvalue weighted by Gasteiger charge is -2.16. The van der Waals surface area contributed by atoms with Crippen LogP contribution in [0.15, 0.2) is 17.1 Å². The van der Waals surface area contributed by atoms with Crippen molar-refractivity contribution in [1.29, 1.82) is 0 Å². The van der Waals surface area contributed by atoms with Crippen molar-refractivity contribution in [1.82, 2.24) is 10.6 Å². The van der Waals surface area contributed by atoms with E-state index in [1.807, 2.05) is 12.1 Å². The third-order valence-corrected chi connectivity index (χ3v) is 4.64. The Bertz CT molecular complexity index is 614. The van der Waals surface area contributed by atoms with Crippen LogP contribution in [0, 0.1) is 0 Å². The Kier molecular flexibility index (Phi) is 13.6. The van der Waals surface area contributed by atoms with Crippen LogP contribution < -0.4 is 24.8 Å². The van der Waals surface area contributed by atoms with Gasteiger partial charge in [0.25, 0.3) is 0 Å². The second-order valence-electron chi connectivity index (χ2n) is 6.66. The maximum Gasteiger partial charge on any atom is 0.191 e. The molecule has 1 unspecified atom stereocenters. The number of ether oxygens (including phenoxy) is 5. The fraction of sp³-hybridized carbons (Fsp3) is 0.667. The summed E-state index contributed by atoms with van der Waals surface area (Å²) in [5.41, 5.74) is 0.992. The molecule has 9 heteroatoms. The van der Waals surface area contributed by atoms with Crippen molar-refractivity contribution in [2.75, 3.05) is 60.8 Å². The van der Waals surface area contributed by atoms with E-state index in [2.05, 4.69) is 22.5 Å². The Balaban J connectivity index is 0.00000450. The van der Waals surface area contributed by atoms with Crippen LogP contribution in [0.2, 0.25) is 0 Å². The molecule has 0 aromatic heterocycles. The molecule has 1 fully saturated rings. The molecule has 30 heavy (non-hydrogen) atoms. The normalized spacial score (nSPS) is 16.0. The number of nitrogens with zero attached hydrogens (tertiary/aromatic N) is 1. The highest BCUT2D eigenvalue weighted by atomic mass is 127. The van der Waals surface area contributed by atoms with Gasteiger partial charge in [-0.1, -0.05) is 0 Å². The molecule has 1 saturated heterocycles. The van der Waals surface area contributed by atoms with Crippen LogP contribution >= 0.6 is 24.0 Å². The number of nitrogens with one attached hydrogen (secondary N) is 2. The molecule has 0 radical (unpaired) electrons. The molecule has 1 atom stereocenters. The molecule has 1 aliphatic heterocycles. The largest absolute Gasteiger partial charge is 0.496 e. The van der Waals surface area contributed by atoms with Crippen molar-refractivity contribution in [3.8, 4) is 17.2 Å². The minimum Gasteiger partial charge on any atom is -0.496 e. The summed E-state index contributed by atoms with van der Waals surface area (Å²) < 4.78 is 27.4. The molecule has 1 aromatic rings. The first kappa shape index (κ1) is 26.6. The topological polar surface area (TPSA) is 82.6 Å². The van der Waals surface area contributed by atoms with E-state index in [-0.39, 0.29) is 30.1 Å². The predicted octanol–water partition coefficient (Wildman–Crippen LogP) is 2.62. The summed E-state index contributed by atoms with van der Waals surface area (Å²) in [5, 5.41) is 6.64. The second kappa shape index (κ2) is 15.4. The molecule has 8 nitrogen and oxygen atoms in total. The molecule has 1 heterocycles. The quantitative estimate of drug-likeness (QED) is 0.184. The van der Waals surface area contributed by atoms with Crippen LogP contribution in [-0.4, -0.2) is 72.8 Å². The van der Waals surface area contributed by atoms with Crippen LogP contribution in [0.3, 0.4) is 0 Å². The van der Waals surface area contributed by atoms with Gasteiger partial charge >= 0.3 is 0 Å². The number of halogens is 1. The number of hydrogen-bond donors (Lipinski definition) is 2. The Labute approximate surface area is 197 Å². The number of methoxy groups -OCH3 is 3. The third kappa shape index (κ3) is 8.73. The van der Waals surface area contributed by atoms with Crippen molar-refractivity contribution < 1.29 is 23.7 Å². The Morgan fingerprint density at radius 3 is 2.43 bits per heavy atom. The first-order valence-electron chi connectivity index (χ1n) is 10.2. The summed E-state index contributed by atoms with van der Waals surface area (Å²) in [6.45, 7) is 6.48. The van der Waals surface area contributed by atoms with E-state index in [0.29, 0.717) is 32.1 Å². The molecule has 0 bridgehead atoms. The molecule has 0 spiro atoms.